The number of hydrogen-bond donors (Lipinski definition) is 1. The molecule has 0 amide bonds. The van der Waals surface area contributed by atoms with Gasteiger partial charge in [0.05, 0.1) is 18.1 Å². The second-order valence-electron chi connectivity index (χ2n) is 5.57. The molecule has 114 valence electrons. The molecule has 0 aliphatic heterocycles. The van der Waals surface area contributed by atoms with Gasteiger partial charge in [0.1, 0.15) is 5.75 Å². The zero-order chi connectivity index (χ0) is 15.6. The van der Waals surface area contributed by atoms with Crippen molar-refractivity contribution in [2.75, 3.05) is 6.61 Å². The van der Waals surface area contributed by atoms with Crippen LogP contribution in [0.4, 0.5) is 0 Å². The summed E-state index contributed by atoms with van der Waals surface area (Å²) in [7, 11) is 0. The van der Waals surface area contributed by atoms with Crippen molar-refractivity contribution >= 4 is 27.7 Å². The maximum atomic E-state index is 12.8. The van der Waals surface area contributed by atoms with Crippen molar-refractivity contribution in [3.63, 3.8) is 0 Å². The lowest BCUT2D eigenvalue weighted by Gasteiger charge is -2.17. The van der Waals surface area contributed by atoms with E-state index in [1.165, 1.54) is 0 Å². The Bertz CT molecular complexity index is 555. The quantitative estimate of drug-likeness (QED) is 0.817. The normalized spacial score (nSPS) is 24.8. The first kappa shape index (κ1) is 16.0. The number of carbonyl (C=O) groups is 2. The Hall–Kier alpha value is -1.36. The van der Waals surface area contributed by atoms with Gasteiger partial charge in [-0.05, 0) is 43.9 Å². The van der Waals surface area contributed by atoms with E-state index in [0.29, 0.717) is 30.8 Å². The molecular weight excluding hydrogens is 336 g/mol. The fourth-order valence-electron chi connectivity index (χ4n) is 3.03. The SMILES string of the molecule is CCOc1ccc(Br)cc1C(=O)C1CC(C)CC1C(=O)O. The average molecular weight is 355 g/mol. The third-order valence-corrected chi connectivity index (χ3v) is 4.45. The molecule has 1 aliphatic carbocycles. The van der Waals surface area contributed by atoms with Crippen molar-refractivity contribution < 1.29 is 19.4 Å². The zero-order valence-corrected chi connectivity index (χ0v) is 13.7. The van der Waals surface area contributed by atoms with Crippen molar-refractivity contribution in [1.29, 1.82) is 0 Å². The predicted octanol–water partition coefficient (Wildman–Crippen LogP) is 3.78. The monoisotopic (exact) mass is 354 g/mol. The van der Waals surface area contributed by atoms with Gasteiger partial charge in [0.15, 0.2) is 5.78 Å². The zero-order valence-electron chi connectivity index (χ0n) is 12.1. The Labute approximate surface area is 132 Å². The highest BCUT2D eigenvalue weighted by atomic mass is 79.9. The number of carboxylic acid groups (broad SMARTS) is 1. The van der Waals surface area contributed by atoms with E-state index in [2.05, 4.69) is 15.9 Å². The van der Waals surface area contributed by atoms with Gasteiger partial charge in [0.2, 0.25) is 0 Å². The summed E-state index contributed by atoms with van der Waals surface area (Å²) >= 11 is 3.36. The molecule has 5 heteroatoms. The fourth-order valence-corrected chi connectivity index (χ4v) is 3.39. The lowest BCUT2D eigenvalue weighted by atomic mass is 9.88. The van der Waals surface area contributed by atoms with Crippen LogP contribution in [0, 0.1) is 17.8 Å². The van der Waals surface area contributed by atoms with Crippen molar-refractivity contribution in [2.24, 2.45) is 17.8 Å². The van der Waals surface area contributed by atoms with Gasteiger partial charge < -0.3 is 9.84 Å². The van der Waals surface area contributed by atoms with Gasteiger partial charge >= 0.3 is 5.97 Å². The highest BCUT2D eigenvalue weighted by molar-refractivity contribution is 9.10. The van der Waals surface area contributed by atoms with E-state index in [4.69, 9.17) is 4.74 Å². The van der Waals surface area contributed by atoms with E-state index in [1.807, 2.05) is 19.9 Å². The van der Waals surface area contributed by atoms with Gasteiger partial charge in [-0.15, -0.1) is 0 Å². The summed E-state index contributed by atoms with van der Waals surface area (Å²) in [5, 5.41) is 9.33. The van der Waals surface area contributed by atoms with Gasteiger partial charge in [0.25, 0.3) is 0 Å². The van der Waals surface area contributed by atoms with E-state index < -0.39 is 17.8 Å². The minimum atomic E-state index is -0.884. The molecule has 0 spiro atoms. The van der Waals surface area contributed by atoms with Gasteiger partial charge in [-0.3, -0.25) is 9.59 Å². The standard InChI is InChI=1S/C16H19BrO4/c1-3-21-14-5-4-10(17)8-13(14)15(18)11-6-9(2)7-12(11)16(19)20/h4-5,8-9,11-12H,3,6-7H2,1-2H3,(H,19,20). The number of halogens is 1. The summed E-state index contributed by atoms with van der Waals surface area (Å²) in [6, 6.07) is 5.28. The summed E-state index contributed by atoms with van der Waals surface area (Å²) < 4.78 is 6.29. The summed E-state index contributed by atoms with van der Waals surface area (Å²) in [5.41, 5.74) is 0.469. The molecule has 1 aliphatic rings. The molecule has 2 rings (SSSR count). The van der Waals surface area contributed by atoms with E-state index in [9.17, 15) is 14.7 Å². The van der Waals surface area contributed by atoms with Crippen LogP contribution in [-0.4, -0.2) is 23.5 Å². The van der Waals surface area contributed by atoms with Crippen LogP contribution in [-0.2, 0) is 4.79 Å². The molecule has 1 aromatic carbocycles. The average Bonchev–Trinajstić information content (AvgIpc) is 2.82. The maximum Gasteiger partial charge on any atom is 0.307 e. The fraction of sp³-hybridized carbons (Fsp3) is 0.500. The second-order valence-corrected chi connectivity index (χ2v) is 6.48. The van der Waals surface area contributed by atoms with Gasteiger partial charge in [0, 0.05) is 10.4 Å². The summed E-state index contributed by atoms with van der Waals surface area (Å²) in [5.74, 6) is -1.30. The van der Waals surface area contributed by atoms with Crippen molar-refractivity contribution in [2.45, 2.75) is 26.7 Å². The Morgan fingerprint density at radius 1 is 1.33 bits per heavy atom. The van der Waals surface area contributed by atoms with Gasteiger partial charge in [-0.2, -0.15) is 0 Å². The Morgan fingerprint density at radius 2 is 2.00 bits per heavy atom. The summed E-state index contributed by atoms with van der Waals surface area (Å²) in [4.78, 5) is 24.2. The first-order valence-electron chi connectivity index (χ1n) is 7.13. The first-order chi connectivity index (χ1) is 9.93. The van der Waals surface area contributed by atoms with E-state index in [-0.39, 0.29) is 11.7 Å². The van der Waals surface area contributed by atoms with Crippen LogP contribution in [0.1, 0.15) is 37.0 Å². The minimum absolute atomic E-state index is 0.128. The van der Waals surface area contributed by atoms with Crippen LogP contribution >= 0.6 is 15.9 Å². The third-order valence-electron chi connectivity index (χ3n) is 3.96. The number of hydrogen-bond acceptors (Lipinski definition) is 3. The maximum absolute atomic E-state index is 12.8. The third kappa shape index (κ3) is 3.46. The van der Waals surface area contributed by atoms with Crippen LogP contribution in [0.5, 0.6) is 5.75 Å². The molecule has 1 aromatic rings. The largest absolute Gasteiger partial charge is 0.493 e. The summed E-state index contributed by atoms with van der Waals surface area (Å²) in [6.45, 7) is 4.31. The van der Waals surface area contributed by atoms with Gasteiger partial charge in [-0.25, -0.2) is 0 Å². The Kier molecular flexibility index (Phi) is 5.04. The lowest BCUT2D eigenvalue weighted by molar-refractivity contribution is -0.142. The van der Waals surface area contributed by atoms with Crippen molar-refractivity contribution in [3.8, 4) is 5.75 Å². The molecule has 21 heavy (non-hydrogen) atoms. The minimum Gasteiger partial charge on any atom is -0.493 e. The molecule has 1 fully saturated rings. The number of benzene rings is 1. The van der Waals surface area contributed by atoms with Crippen LogP contribution in [0.2, 0.25) is 0 Å². The topological polar surface area (TPSA) is 63.6 Å². The van der Waals surface area contributed by atoms with Crippen LogP contribution in [0.3, 0.4) is 0 Å². The number of rotatable bonds is 5. The van der Waals surface area contributed by atoms with E-state index in [0.717, 1.165) is 4.47 Å². The molecule has 1 N–H and O–H groups in total. The van der Waals surface area contributed by atoms with Crippen LogP contribution in [0.25, 0.3) is 0 Å². The smallest absolute Gasteiger partial charge is 0.307 e. The highest BCUT2D eigenvalue weighted by Gasteiger charge is 2.42. The van der Waals surface area contributed by atoms with Gasteiger partial charge in [-0.1, -0.05) is 22.9 Å². The van der Waals surface area contributed by atoms with E-state index >= 15 is 0 Å². The molecule has 3 unspecified atom stereocenters. The first-order valence-corrected chi connectivity index (χ1v) is 7.92. The number of Topliss-reactive ketones (excluding diaryl/α,β-unsaturated/α-hetero) is 1. The molecule has 0 heterocycles. The molecule has 1 saturated carbocycles. The number of aliphatic carboxylic acids is 1. The molecule has 4 nitrogen and oxygen atoms in total. The molecule has 0 aromatic heterocycles. The van der Waals surface area contributed by atoms with Crippen LogP contribution in [0.15, 0.2) is 22.7 Å². The Balaban J connectivity index is 2.34. The van der Waals surface area contributed by atoms with E-state index in [1.54, 1.807) is 12.1 Å². The molecule has 0 saturated heterocycles. The number of ether oxygens (including phenoxy) is 1. The van der Waals surface area contributed by atoms with Crippen molar-refractivity contribution in [1.82, 2.24) is 0 Å². The van der Waals surface area contributed by atoms with Crippen LogP contribution < -0.4 is 4.74 Å². The Morgan fingerprint density at radius 3 is 2.62 bits per heavy atom. The molecule has 0 bridgehead atoms. The highest BCUT2D eigenvalue weighted by Crippen LogP contribution is 2.40. The molecule has 3 atom stereocenters. The second kappa shape index (κ2) is 6.60. The summed E-state index contributed by atoms with van der Waals surface area (Å²) in [6.07, 6.45) is 1.18. The number of carbonyl (C=O) groups excluding carboxylic acids is 1. The number of carboxylic acids is 1. The predicted molar refractivity (Wildman–Crippen MR) is 82.7 cm³/mol. The molecular formula is C16H19BrO4. The number of ketones is 1. The molecule has 0 radical (unpaired) electrons. The lowest BCUT2D eigenvalue weighted by Crippen LogP contribution is -2.25. The van der Waals surface area contributed by atoms with Crippen molar-refractivity contribution in [3.05, 3.63) is 28.2 Å².